The van der Waals surface area contributed by atoms with E-state index in [2.05, 4.69) is 10.4 Å². The maximum atomic E-state index is 13.0. The van der Waals surface area contributed by atoms with Crippen LogP contribution in [0.1, 0.15) is 50.5 Å². The fourth-order valence-corrected chi connectivity index (χ4v) is 3.07. The molecule has 0 unspecified atom stereocenters. The lowest BCUT2D eigenvalue weighted by Crippen LogP contribution is -2.27. The molecule has 0 bridgehead atoms. The van der Waals surface area contributed by atoms with Crippen LogP contribution in [-0.4, -0.2) is 26.8 Å². The molecule has 150 valence electrons. The Hall–Kier alpha value is -3.61. The first-order valence-corrected chi connectivity index (χ1v) is 9.18. The van der Waals surface area contributed by atoms with E-state index in [1.54, 1.807) is 30.8 Å². The topological polar surface area (TPSA) is 93.4 Å². The molecule has 0 saturated heterocycles. The summed E-state index contributed by atoms with van der Waals surface area (Å²) >= 11 is 0. The summed E-state index contributed by atoms with van der Waals surface area (Å²) < 4.78 is 7.51. The van der Waals surface area contributed by atoms with Gasteiger partial charge >= 0.3 is 5.97 Å². The number of hydrogen-bond acceptors (Lipinski definition) is 4. The zero-order valence-corrected chi connectivity index (χ0v) is 16.8. The van der Waals surface area contributed by atoms with Gasteiger partial charge in [-0.3, -0.25) is 4.79 Å². The molecular weight excluding hydrogens is 370 g/mol. The normalized spacial score (nSPS) is 11.7. The van der Waals surface area contributed by atoms with Crippen molar-refractivity contribution in [3.05, 3.63) is 76.5 Å². The molecule has 0 fully saturated rings. The van der Waals surface area contributed by atoms with Crippen molar-refractivity contribution in [2.75, 3.05) is 0 Å². The number of carbonyl (C=O) groups is 2. The van der Waals surface area contributed by atoms with E-state index >= 15 is 0 Å². The van der Waals surface area contributed by atoms with Crippen molar-refractivity contribution >= 4 is 11.9 Å². The Morgan fingerprint density at radius 1 is 1.14 bits per heavy atom. The van der Waals surface area contributed by atoms with Gasteiger partial charge in [-0.25, -0.2) is 9.48 Å². The van der Waals surface area contributed by atoms with Crippen LogP contribution in [0.5, 0.6) is 11.6 Å². The van der Waals surface area contributed by atoms with Gasteiger partial charge in [0, 0.05) is 7.05 Å². The van der Waals surface area contributed by atoms with Gasteiger partial charge in [-0.1, -0.05) is 24.3 Å². The van der Waals surface area contributed by atoms with E-state index in [1.807, 2.05) is 38.1 Å². The molecule has 7 heteroatoms. The maximum Gasteiger partial charge on any atom is 0.335 e. The maximum absolute atomic E-state index is 13.0. The Morgan fingerprint density at radius 2 is 1.83 bits per heavy atom. The van der Waals surface area contributed by atoms with Gasteiger partial charge in [-0.05, 0) is 56.2 Å². The number of hydrogen-bond donors (Lipinski definition) is 2. The smallest absolute Gasteiger partial charge is 0.335 e. The minimum absolute atomic E-state index is 0.198. The Kier molecular flexibility index (Phi) is 5.68. The first-order valence-electron chi connectivity index (χ1n) is 9.18. The summed E-state index contributed by atoms with van der Waals surface area (Å²) in [5.74, 6) is -0.316. The molecule has 2 N–H and O–H groups in total. The molecule has 1 heterocycles. The van der Waals surface area contributed by atoms with Gasteiger partial charge in [0.25, 0.3) is 5.91 Å². The summed E-state index contributed by atoms with van der Waals surface area (Å²) in [4.78, 5) is 24.0. The van der Waals surface area contributed by atoms with E-state index in [1.165, 1.54) is 12.1 Å². The average molecular weight is 393 g/mol. The van der Waals surface area contributed by atoms with Gasteiger partial charge in [0.1, 0.15) is 11.3 Å². The molecule has 0 radical (unpaired) electrons. The molecule has 0 aliphatic carbocycles. The SMILES string of the molecule is Cc1cccc(Oc2c(C(=O)N[C@@H](C)c3ccc(C(=O)O)cc3)c(C)nn2C)c1. The number of ether oxygens (including phenoxy) is 1. The Morgan fingerprint density at radius 3 is 2.45 bits per heavy atom. The molecule has 0 saturated carbocycles. The summed E-state index contributed by atoms with van der Waals surface area (Å²) in [5, 5.41) is 16.3. The molecule has 3 rings (SSSR count). The first kappa shape index (κ1) is 20.1. The molecule has 0 aliphatic heterocycles. The van der Waals surface area contributed by atoms with Crippen LogP contribution in [-0.2, 0) is 7.05 Å². The highest BCUT2D eigenvalue weighted by Gasteiger charge is 2.24. The monoisotopic (exact) mass is 393 g/mol. The highest BCUT2D eigenvalue weighted by Crippen LogP contribution is 2.28. The molecule has 0 spiro atoms. The number of amides is 1. The predicted octanol–water partition coefficient (Wildman–Crippen LogP) is 4.02. The summed E-state index contributed by atoms with van der Waals surface area (Å²) in [6.07, 6.45) is 0. The number of aryl methyl sites for hydroxylation is 3. The van der Waals surface area contributed by atoms with Crippen LogP contribution < -0.4 is 10.1 Å². The van der Waals surface area contributed by atoms with Gasteiger partial charge in [0.2, 0.25) is 5.88 Å². The zero-order valence-electron chi connectivity index (χ0n) is 16.8. The number of nitrogens with zero attached hydrogens (tertiary/aromatic N) is 2. The van der Waals surface area contributed by atoms with Crippen LogP contribution in [0.25, 0.3) is 0 Å². The quantitative estimate of drug-likeness (QED) is 0.660. The van der Waals surface area contributed by atoms with Crippen molar-refractivity contribution in [2.45, 2.75) is 26.8 Å². The molecule has 29 heavy (non-hydrogen) atoms. The summed E-state index contributed by atoms with van der Waals surface area (Å²) in [6.45, 7) is 5.55. The summed E-state index contributed by atoms with van der Waals surface area (Å²) in [6, 6.07) is 13.6. The van der Waals surface area contributed by atoms with Crippen molar-refractivity contribution in [1.29, 1.82) is 0 Å². The van der Waals surface area contributed by atoms with Crippen LogP contribution in [0.4, 0.5) is 0 Å². The van der Waals surface area contributed by atoms with Gasteiger partial charge in [0.05, 0.1) is 17.3 Å². The van der Waals surface area contributed by atoms with Crippen LogP contribution >= 0.6 is 0 Å². The zero-order chi connectivity index (χ0) is 21.1. The third-order valence-electron chi connectivity index (χ3n) is 4.61. The third-order valence-corrected chi connectivity index (χ3v) is 4.61. The Bertz CT molecular complexity index is 1050. The number of carboxylic acids is 1. The molecule has 3 aromatic rings. The highest BCUT2D eigenvalue weighted by atomic mass is 16.5. The second-order valence-electron chi connectivity index (χ2n) is 6.93. The molecule has 0 aliphatic rings. The first-order chi connectivity index (χ1) is 13.8. The number of rotatable bonds is 6. The lowest BCUT2D eigenvalue weighted by Gasteiger charge is -2.15. The summed E-state index contributed by atoms with van der Waals surface area (Å²) in [5.41, 5.74) is 2.96. The largest absolute Gasteiger partial charge is 0.478 e. The molecule has 1 atom stereocenters. The van der Waals surface area contributed by atoms with Crippen molar-refractivity contribution in [3.63, 3.8) is 0 Å². The Balaban J connectivity index is 1.82. The fourth-order valence-electron chi connectivity index (χ4n) is 3.07. The standard InChI is InChI=1S/C22H23N3O4/c1-13-6-5-7-18(12-13)29-21-19(15(3)24-25(21)4)20(26)23-14(2)16-8-10-17(11-9-16)22(27)28/h5-12,14H,1-4H3,(H,23,26)(H,27,28)/t14-/m0/s1. The van der Waals surface area contributed by atoms with Gasteiger partial charge in [-0.15, -0.1) is 0 Å². The molecule has 1 aromatic heterocycles. The van der Waals surface area contributed by atoms with Crippen LogP contribution in [0.2, 0.25) is 0 Å². The Labute approximate surface area is 168 Å². The van der Waals surface area contributed by atoms with E-state index in [0.717, 1.165) is 11.1 Å². The number of benzene rings is 2. The third kappa shape index (κ3) is 4.45. The van der Waals surface area contributed by atoms with Crippen molar-refractivity contribution in [1.82, 2.24) is 15.1 Å². The van der Waals surface area contributed by atoms with E-state index < -0.39 is 5.97 Å². The van der Waals surface area contributed by atoms with Gasteiger partial charge in [-0.2, -0.15) is 5.10 Å². The van der Waals surface area contributed by atoms with E-state index in [9.17, 15) is 9.59 Å². The summed E-state index contributed by atoms with van der Waals surface area (Å²) in [7, 11) is 1.73. The van der Waals surface area contributed by atoms with Crippen LogP contribution in [0.3, 0.4) is 0 Å². The molecule has 2 aromatic carbocycles. The van der Waals surface area contributed by atoms with Crippen LogP contribution in [0, 0.1) is 13.8 Å². The van der Waals surface area contributed by atoms with Crippen molar-refractivity contribution < 1.29 is 19.4 Å². The van der Waals surface area contributed by atoms with Gasteiger partial charge < -0.3 is 15.2 Å². The minimum atomic E-state index is -0.989. The average Bonchev–Trinajstić information content (AvgIpc) is 2.95. The van der Waals surface area contributed by atoms with E-state index in [-0.39, 0.29) is 17.5 Å². The number of aromatic carboxylic acids is 1. The highest BCUT2D eigenvalue weighted by molar-refractivity contribution is 5.98. The number of carbonyl (C=O) groups excluding carboxylic acids is 1. The lowest BCUT2D eigenvalue weighted by atomic mass is 10.1. The number of aromatic nitrogens is 2. The van der Waals surface area contributed by atoms with E-state index in [4.69, 9.17) is 9.84 Å². The van der Waals surface area contributed by atoms with Crippen molar-refractivity contribution in [3.8, 4) is 11.6 Å². The van der Waals surface area contributed by atoms with Crippen LogP contribution in [0.15, 0.2) is 48.5 Å². The molecule has 1 amide bonds. The molecular formula is C22H23N3O4. The molecule has 7 nitrogen and oxygen atoms in total. The second-order valence-corrected chi connectivity index (χ2v) is 6.93. The van der Waals surface area contributed by atoms with Crippen molar-refractivity contribution in [2.24, 2.45) is 7.05 Å². The second kappa shape index (κ2) is 8.18. The lowest BCUT2D eigenvalue weighted by molar-refractivity contribution is 0.0696. The predicted molar refractivity (Wildman–Crippen MR) is 108 cm³/mol. The minimum Gasteiger partial charge on any atom is -0.478 e. The number of nitrogens with one attached hydrogen (secondary N) is 1. The fraction of sp³-hybridized carbons (Fsp3) is 0.227. The number of carboxylic acid groups (broad SMARTS) is 1. The van der Waals surface area contributed by atoms with E-state index in [0.29, 0.717) is 22.9 Å². The van der Waals surface area contributed by atoms with Gasteiger partial charge in [0.15, 0.2) is 0 Å².